The summed E-state index contributed by atoms with van der Waals surface area (Å²) in [5, 5.41) is 12.2. The first-order valence-electron chi connectivity index (χ1n) is 10.1. The van der Waals surface area contributed by atoms with E-state index in [1.807, 2.05) is 6.92 Å². The van der Waals surface area contributed by atoms with Gasteiger partial charge in [-0.1, -0.05) is 11.8 Å². The van der Waals surface area contributed by atoms with Crippen molar-refractivity contribution < 1.29 is 19.0 Å². The highest BCUT2D eigenvalue weighted by Gasteiger charge is 2.33. The van der Waals surface area contributed by atoms with E-state index in [1.54, 1.807) is 32.4 Å². The first-order chi connectivity index (χ1) is 14.6. The van der Waals surface area contributed by atoms with E-state index in [4.69, 9.17) is 14.2 Å². The molecule has 4 rings (SSSR count). The highest BCUT2D eigenvalue weighted by atomic mass is 32.2. The average molecular weight is 434 g/mol. The Morgan fingerprint density at radius 1 is 1.17 bits per heavy atom. The van der Waals surface area contributed by atoms with Gasteiger partial charge >= 0.3 is 0 Å². The van der Waals surface area contributed by atoms with Crippen molar-refractivity contribution in [2.45, 2.75) is 36.2 Å². The number of rotatable bonds is 8. The van der Waals surface area contributed by atoms with Gasteiger partial charge in [0.25, 0.3) is 0 Å². The molecule has 2 aliphatic rings. The molecule has 0 bridgehead atoms. The lowest BCUT2D eigenvalue weighted by Gasteiger charge is -2.28. The predicted molar refractivity (Wildman–Crippen MR) is 115 cm³/mol. The summed E-state index contributed by atoms with van der Waals surface area (Å²) in [5.74, 6) is 2.00. The highest BCUT2D eigenvalue weighted by molar-refractivity contribution is 8.00. The van der Waals surface area contributed by atoms with Gasteiger partial charge in [0.2, 0.25) is 11.9 Å². The largest absolute Gasteiger partial charge is 0.497 e. The molecule has 1 amide bonds. The monoisotopic (exact) mass is 433 g/mol. The van der Waals surface area contributed by atoms with Crippen molar-refractivity contribution in [2.24, 2.45) is 0 Å². The molecule has 10 heteroatoms. The van der Waals surface area contributed by atoms with Crippen molar-refractivity contribution in [3.05, 3.63) is 18.2 Å². The van der Waals surface area contributed by atoms with Crippen molar-refractivity contribution in [3.63, 3.8) is 0 Å². The molecule has 30 heavy (non-hydrogen) atoms. The maximum Gasteiger partial charge on any atom is 0.237 e. The molecule has 1 saturated heterocycles. The van der Waals surface area contributed by atoms with E-state index in [2.05, 4.69) is 25.0 Å². The number of thioether (sulfide) groups is 1. The molecule has 2 fully saturated rings. The first kappa shape index (κ1) is 20.8. The molecule has 162 valence electrons. The van der Waals surface area contributed by atoms with Gasteiger partial charge < -0.3 is 24.4 Å². The maximum atomic E-state index is 12.8. The number of carbonyl (C=O) groups excluding carboxylic acids is 1. The van der Waals surface area contributed by atoms with Crippen LogP contribution in [0.5, 0.6) is 11.5 Å². The minimum atomic E-state index is -0.346. The van der Waals surface area contributed by atoms with Gasteiger partial charge in [0, 0.05) is 43.0 Å². The highest BCUT2D eigenvalue weighted by Crippen LogP contribution is 2.41. The molecule has 0 spiro atoms. The molecule has 1 aromatic carbocycles. The number of nitrogens with one attached hydrogen (secondary N) is 1. The molecule has 9 nitrogen and oxygen atoms in total. The maximum absolute atomic E-state index is 12.8. The Morgan fingerprint density at radius 3 is 2.43 bits per heavy atom. The zero-order valence-electron chi connectivity index (χ0n) is 17.5. The van der Waals surface area contributed by atoms with E-state index in [-0.39, 0.29) is 11.2 Å². The second kappa shape index (κ2) is 9.13. The SMILES string of the molecule is COc1cc(NC(=O)C(C)Sc2nnc(N3CCOCC3)n2C2CC2)cc(OC)c1. The van der Waals surface area contributed by atoms with Crippen molar-refractivity contribution in [1.82, 2.24) is 14.8 Å². The van der Waals surface area contributed by atoms with Crippen LogP contribution in [0, 0.1) is 0 Å². The van der Waals surface area contributed by atoms with Crippen LogP contribution in [0.3, 0.4) is 0 Å². The molecule has 2 heterocycles. The summed E-state index contributed by atoms with van der Waals surface area (Å²) >= 11 is 1.43. The molecule has 1 aliphatic carbocycles. The van der Waals surface area contributed by atoms with Gasteiger partial charge in [-0.3, -0.25) is 9.36 Å². The Kier molecular flexibility index (Phi) is 6.33. The summed E-state index contributed by atoms with van der Waals surface area (Å²) in [6.45, 7) is 4.88. The van der Waals surface area contributed by atoms with Gasteiger partial charge in [-0.2, -0.15) is 0 Å². The summed E-state index contributed by atoms with van der Waals surface area (Å²) in [4.78, 5) is 15.0. The average Bonchev–Trinajstić information content (AvgIpc) is 3.53. The summed E-state index contributed by atoms with van der Waals surface area (Å²) in [7, 11) is 3.16. The molecule has 1 aromatic heterocycles. The van der Waals surface area contributed by atoms with E-state index in [0.29, 0.717) is 36.4 Å². The third-order valence-electron chi connectivity index (χ3n) is 5.12. The fourth-order valence-corrected chi connectivity index (χ4v) is 4.23. The van der Waals surface area contributed by atoms with Crippen LogP contribution >= 0.6 is 11.8 Å². The van der Waals surface area contributed by atoms with E-state index < -0.39 is 0 Å². The number of anilines is 2. The lowest BCUT2D eigenvalue weighted by Crippen LogP contribution is -2.38. The molecule has 1 N–H and O–H groups in total. The van der Waals surface area contributed by atoms with Gasteiger partial charge in [0.05, 0.1) is 32.7 Å². The fourth-order valence-electron chi connectivity index (χ4n) is 3.32. The standard InChI is InChI=1S/C20H27N5O4S/c1-13(18(26)21-14-10-16(27-2)12-17(11-14)28-3)30-20-23-22-19(25(20)15-4-5-15)24-6-8-29-9-7-24/h10-13,15H,4-9H2,1-3H3,(H,21,26). The quantitative estimate of drug-likeness (QED) is 0.636. The Labute approximate surface area is 180 Å². The molecule has 1 aliphatic heterocycles. The number of carbonyl (C=O) groups is 1. The number of morpholine rings is 1. The molecular weight excluding hydrogens is 406 g/mol. The third-order valence-corrected chi connectivity index (χ3v) is 6.18. The number of ether oxygens (including phenoxy) is 3. The van der Waals surface area contributed by atoms with Crippen LogP contribution < -0.4 is 19.7 Å². The van der Waals surface area contributed by atoms with Crippen molar-refractivity contribution >= 4 is 29.3 Å². The normalized spacial score (nSPS) is 17.5. The number of amides is 1. The lowest BCUT2D eigenvalue weighted by molar-refractivity contribution is -0.115. The van der Waals surface area contributed by atoms with Crippen molar-refractivity contribution in [3.8, 4) is 11.5 Å². The van der Waals surface area contributed by atoms with Crippen LogP contribution in [0.15, 0.2) is 23.4 Å². The van der Waals surface area contributed by atoms with Crippen LogP contribution in [0.4, 0.5) is 11.6 Å². The number of nitrogens with zero attached hydrogens (tertiary/aromatic N) is 4. The summed E-state index contributed by atoms with van der Waals surface area (Å²) in [6, 6.07) is 5.71. The van der Waals surface area contributed by atoms with Crippen molar-refractivity contribution in [2.75, 3.05) is 50.7 Å². The second-order valence-corrected chi connectivity index (χ2v) is 8.64. The van der Waals surface area contributed by atoms with E-state index in [0.717, 1.165) is 37.0 Å². The number of benzene rings is 1. The van der Waals surface area contributed by atoms with Crippen LogP contribution in [-0.2, 0) is 9.53 Å². The lowest BCUT2D eigenvalue weighted by atomic mass is 10.2. The topological polar surface area (TPSA) is 90.7 Å². The van der Waals surface area contributed by atoms with Gasteiger partial charge in [0.1, 0.15) is 11.5 Å². The molecule has 1 saturated carbocycles. The van der Waals surface area contributed by atoms with Crippen LogP contribution in [-0.4, -0.2) is 66.4 Å². The van der Waals surface area contributed by atoms with Crippen LogP contribution in [0.2, 0.25) is 0 Å². The van der Waals surface area contributed by atoms with Crippen LogP contribution in [0.1, 0.15) is 25.8 Å². The number of hydrogen-bond acceptors (Lipinski definition) is 8. The van der Waals surface area contributed by atoms with Gasteiger partial charge in [-0.25, -0.2) is 0 Å². The molecule has 2 aromatic rings. The third kappa shape index (κ3) is 4.65. The zero-order chi connectivity index (χ0) is 21.1. The number of methoxy groups -OCH3 is 2. The smallest absolute Gasteiger partial charge is 0.237 e. The number of aromatic nitrogens is 3. The van der Waals surface area contributed by atoms with Gasteiger partial charge in [0.15, 0.2) is 5.16 Å². The fraction of sp³-hybridized carbons (Fsp3) is 0.550. The molecular formula is C20H27N5O4S. The minimum absolute atomic E-state index is 0.117. The zero-order valence-corrected chi connectivity index (χ0v) is 18.3. The second-order valence-electron chi connectivity index (χ2n) is 7.33. The Balaban J connectivity index is 1.46. The summed E-state index contributed by atoms with van der Waals surface area (Å²) < 4.78 is 18.2. The van der Waals surface area contributed by atoms with Gasteiger partial charge in [-0.15, -0.1) is 10.2 Å². The van der Waals surface area contributed by atoms with Crippen molar-refractivity contribution in [1.29, 1.82) is 0 Å². The minimum Gasteiger partial charge on any atom is -0.497 e. The summed E-state index contributed by atoms with van der Waals surface area (Å²) in [5.41, 5.74) is 0.626. The molecule has 1 atom stereocenters. The Morgan fingerprint density at radius 2 is 1.83 bits per heavy atom. The Bertz CT molecular complexity index is 873. The van der Waals surface area contributed by atoms with Crippen LogP contribution in [0.25, 0.3) is 0 Å². The predicted octanol–water partition coefficient (Wildman–Crippen LogP) is 2.59. The van der Waals surface area contributed by atoms with E-state index in [9.17, 15) is 4.79 Å². The molecule has 1 unspecified atom stereocenters. The van der Waals surface area contributed by atoms with E-state index in [1.165, 1.54) is 11.8 Å². The van der Waals surface area contributed by atoms with Gasteiger partial charge in [-0.05, 0) is 19.8 Å². The first-order valence-corrected chi connectivity index (χ1v) is 10.9. The number of hydrogen-bond donors (Lipinski definition) is 1. The Hall–Kier alpha value is -2.46. The summed E-state index contributed by atoms with van der Waals surface area (Å²) in [6.07, 6.45) is 2.24. The molecule has 0 radical (unpaired) electrons. The van der Waals surface area contributed by atoms with E-state index >= 15 is 0 Å².